The number of amides is 1. The molecule has 0 bridgehead atoms. The number of carbonyl (C=O) groups is 1. The Kier molecular flexibility index (Phi) is 5.15. The molecule has 0 saturated carbocycles. The van der Waals surface area contributed by atoms with Crippen LogP contribution in [0.3, 0.4) is 0 Å². The van der Waals surface area contributed by atoms with Crippen LogP contribution in [0.1, 0.15) is 29.8 Å². The van der Waals surface area contributed by atoms with Crippen LogP contribution in [0, 0.1) is 12.8 Å². The molecule has 17 heavy (non-hydrogen) atoms. The van der Waals surface area contributed by atoms with Crippen molar-refractivity contribution in [2.75, 3.05) is 6.61 Å². The molecule has 3 nitrogen and oxygen atoms in total. The molecule has 2 N–H and O–H groups in total. The molecule has 94 valence electrons. The van der Waals surface area contributed by atoms with E-state index in [2.05, 4.69) is 21.2 Å². The van der Waals surface area contributed by atoms with Gasteiger partial charge in [-0.15, -0.1) is 0 Å². The lowest BCUT2D eigenvalue weighted by Crippen LogP contribution is -2.41. The minimum absolute atomic E-state index is 0.0488. The first-order chi connectivity index (χ1) is 7.97. The van der Waals surface area contributed by atoms with Gasteiger partial charge in [0.25, 0.3) is 5.91 Å². The molecule has 1 aromatic rings. The Morgan fingerprint density at radius 3 is 2.65 bits per heavy atom. The maximum absolute atomic E-state index is 12.0. The molecule has 1 rings (SSSR count). The molecule has 1 aromatic carbocycles. The van der Waals surface area contributed by atoms with E-state index in [4.69, 9.17) is 0 Å². The fourth-order valence-corrected chi connectivity index (χ4v) is 1.94. The van der Waals surface area contributed by atoms with Gasteiger partial charge in [-0.3, -0.25) is 4.79 Å². The van der Waals surface area contributed by atoms with Crippen molar-refractivity contribution in [3.8, 4) is 0 Å². The smallest absolute Gasteiger partial charge is 0.252 e. The van der Waals surface area contributed by atoms with Crippen LogP contribution in [0.5, 0.6) is 0 Å². The molecular weight excluding hydrogens is 282 g/mol. The van der Waals surface area contributed by atoms with E-state index in [9.17, 15) is 9.90 Å². The molecule has 0 unspecified atom stereocenters. The van der Waals surface area contributed by atoms with Crippen molar-refractivity contribution in [2.24, 2.45) is 5.92 Å². The summed E-state index contributed by atoms with van der Waals surface area (Å²) in [5, 5.41) is 12.0. The topological polar surface area (TPSA) is 49.3 Å². The van der Waals surface area contributed by atoms with Gasteiger partial charge in [0, 0.05) is 4.47 Å². The lowest BCUT2D eigenvalue weighted by molar-refractivity contribution is 0.0896. The molecule has 1 atom stereocenters. The zero-order chi connectivity index (χ0) is 13.0. The van der Waals surface area contributed by atoms with Crippen molar-refractivity contribution < 1.29 is 9.90 Å². The molecule has 1 amide bonds. The van der Waals surface area contributed by atoms with Gasteiger partial charge in [-0.05, 0) is 40.4 Å². The van der Waals surface area contributed by atoms with E-state index in [1.807, 2.05) is 32.9 Å². The normalized spacial score (nSPS) is 12.6. The number of nitrogens with one attached hydrogen (secondary N) is 1. The summed E-state index contributed by atoms with van der Waals surface area (Å²) in [6, 6.07) is 5.33. The van der Waals surface area contributed by atoms with E-state index in [1.165, 1.54) is 0 Å². The molecular formula is C13H18BrNO2. The first kappa shape index (κ1) is 14.2. The highest BCUT2D eigenvalue weighted by molar-refractivity contribution is 9.10. The van der Waals surface area contributed by atoms with Crippen LogP contribution in [0.25, 0.3) is 0 Å². The van der Waals surface area contributed by atoms with Gasteiger partial charge in [0.2, 0.25) is 0 Å². The number of benzene rings is 1. The Hall–Kier alpha value is -0.870. The predicted octanol–water partition coefficient (Wildman–Crippen LogP) is 2.50. The highest BCUT2D eigenvalue weighted by atomic mass is 79.9. The first-order valence-electron chi connectivity index (χ1n) is 5.64. The lowest BCUT2D eigenvalue weighted by atomic mass is 10.0. The van der Waals surface area contributed by atoms with Crippen LogP contribution < -0.4 is 5.32 Å². The van der Waals surface area contributed by atoms with Crippen molar-refractivity contribution in [2.45, 2.75) is 26.8 Å². The molecule has 0 spiro atoms. The number of aliphatic hydroxyl groups is 1. The van der Waals surface area contributed by atoms with Crippen LogP contribution in [-0.2, 0) is 0 Å². The molecule has 0 heterocycles. The number of aliphatic hydroxyl groups excluding tert-OH is 1. The van der Waals surface area contributed by atoms with E-state index in [-0.39, 0.29) is 24.5 Å². The van der Waals surface area contributed by atoms with Gasteiger partial charge in [0.1, 0.15) is 0 Å². The second-order valence-electron chi connectivity index (χ2n) is 4.44. The third-order valence-corrected chi connectivity index (χ3v) is 3.81. The van der Waals surface area contributed by atoms with Crippen LogP contribution in [0.2, 0.25) is 0 Å². The van der Waals surface area contributed by atoms with Crippen molar-refractivity contribution in [3.05, 3.63) is 33.8 Å². The summed E-state index contributed by atoms with van der Waals surface area (Å²) < 4.78 is 0.804. The zero-order valence-corrected chi connectivity index (χ0v) is 11.9. The maximum Gasteiger partial charge on any atom is 0.252 e. The fraction of sp³-hybridized carbons (Fsp3) is 0.462. The van der Waals surface area contributed by atoms with Crippen LogP contribution in [0.4, 0.5) is 0 Å². The monoisotopic (exact) mass is 299 g/mol. The van der Waals surface area contributed by atoms with Crippen LogP contribution in [0.15, 0.2) is 22.7 Å². The van der Waals surface area contributed by atoms with Gasteiger partial charge < -0.3 is 10.4 Å². The molecule has 0 aromatic heterocycles. The zero-order valence-electron chi connectivity index (χ0n) is 10.3. The van der Waals surface area contributed by atoms with E-state index < -0.39 is 0 Å². The largest absolute Gasteiger partial charge is 0.394 e. The molecule has 0 aliphatic heterocycles. The average molecular weight is 300 g/mol. The SMILES string of the molecule is Cc1cccc(C(=O)N[C@H](CO)C(C)C)c1Br. The van der Waals surface area contributed by atoms with Gasteiger partial charge in [-0.2, -0.15) is 0 Å². The third-order valence-electron chi connectivity index (χ3n) is 2.75. The first-order valence-corrected chi connectivity index (χ1v) is 6.43. The Bertz CT molecular complexity index is 404. The van der Waals surface area contributed by atoms with E-state index >= 15 is 0 Å². The maximum atomic E-state index is 12.0. The highest BCUT2D eigenvalue weighted by Gasteiger charge is 2.18. The van der Waals surface area contributed by atoms with Gasteiger partial charge in [0.05, 0.1) is 18.2 Å². The predicted molar refractivity (Wildman–Crippen MR) is 72.1 cm³/mol. The van der Waals surface area contributed by atoms with Gasteiger partial charge in [0.15, 0.2) is 0 Å². The summed E-state index contributed by atoms with van der Waals surface area (Å²) in [4.78, 5) is 12.0. The summed E-state index contributed by atoms with van der Waals surface area (Å²) in [7, 11) is 0. The molecule has 4 heteroatoms. The number of halogens is 1. The summed E-state index contributed by atoms with van der Waals surface area (Å²) in [5.41, 5.74) is 1.62. The van der Waals surface area contributed by atoms with Crippen molar-refractivity contribution in [1.29, 1.82) is 0 Å². The van der Waals surface area contributed by atoms with Gasteiger partial charge in [-0.25, -0.2) is 0 Å². The summed E-state index contributed by atoms with van der Waals surface area (Å²) in [6.07, 6.45) is 0. The standard InChI is InChI=1S/C13H18BrNO2/c1-8(2)11(7-16)15-13(17)10-6-4-5-9(3)12(10)14/h4-6,8,11,16H,7H2,1-3H3,(H,15,17)/t11-/m1/s1. The summed E-state index contributed by atoms with van der Waals surface area (Å²) in [6.45, 7) is 5.82. The number of carbonyl (C=O) groups excluding carboxylic acids is 1. The minimum Gasteiger partial charge on any atom is -0.394 e. The van der Waals surface area contributed by atoms with Crippen molar-refractivity contribution in [3.63, 3.8) is 0 Å². The average Bonchev–Trinajstić information content (AvgIpc) is 2.28. The fourth-order valence-electron chi connectivity index (χ4n) is 1.49. The Balaban J connectivity index is 2.86. The van der Waals surface area contributed by atoms with Crippen LogP contribution >= 0.6 is 15.9 Å². The van der Waals surface area contributed by atoms with Crippen molar-refractivity contribution >= 4 is 21.8 Å². The number of hydrogen-bond acceptors (Lipinski definition) is 2. The minimum atomic E-state index is -0.213. The van der Waals surface area contributed by atoms with Gasteiger partial charge >= 0.3 is 0 Å². The summed E-state index contributed by atoms with van der Waals surface area (Å²) >= 11 is 3.41. The highest BCUT2D eigenvalue weighted by Crippen LogP contribution is 2.21. The Morgan fingerprint density at radius 2 is 2.12 bits per heavy atom. The molecule has 0 aliphatic rings. The second-order valence-corrected chi connectivity index (χ2v) is 5.24. The molecule has 0 saturated heterocycles. The number of hydrogen-bond donors (Lipinski definition) is 2. The molecule has 0 radical (unpaired) electrons. The number of rotatable bonds is 4. The van der Waals surface area contributed by atoms with Crippen molar-refractivity contribution in [1.82, 2.24) is 5.32 Å². The third kappa shape index (κ3) is 3.54. The molecule has 0 fully saturated rings. The Labute approximate surface area is 110 Å². The van der Waals surface area contributed by atoms with E-state index in [0.29, 0.717) is 5.56 Å². The second kappa shape index (κ2) is 6.17. The van der Waals surface area contributed by atoms with Gasteiger partial charge in [-0.1, -0.05) is 26.0 Å². The Morgan fingerprint density at radius 1 is 1.47 bits per heavy atom. The molecule has 0 aliphatic carbocycles. The quantitative estimate of drug-likeness (QED) is 0.897. The van der Waals surface area contributed by atoms with Crippen LogP contribution in [-0.4, -0.2) is 23.7 Å². The number of aryl methyl sites for hydroxylation is 1. The van der Waals surface area contributed by atoms with E-state index in [0.717, 1.165) is 10.0 Å². The summed E-state index contributed by atoms with van der Waals surface area (Å²) in [5.74, 6) is 0.0425. The van der Waals surface area contributed by atoms with E-state index in [1.54, 1.807) is 6.07 Å². The lowest BCUT2D eigenvalue weighted by Gasteiger charge is -2.20.